The van der Waals surface area contributed by atoms with Gasteiger partial charge in [0, 0.05) is 5.69 Å². The number of hydrogen-bond acceptors (Lipinski definition) is 3. The van der Waals surface area contributed by atoms with E-state index in [0.717, 1.165) is 17.0 Å². The first-order valence-electron chi connectivity index (χ1n) is 7.31. The topological polar surface area (TPSA) is 47.6 Å². The molecule has 0 saturated carbocycles. The average molecular weight is 299 g/mol. The molecule has 0 aromatic heterocycles. The van der Waals surface area contributed by atoms with E-state index in [1.54, 1.807) is 12.1 Å². The zero-order chi connectivity index (χ0) is 15.9. The van der Waals surface area contributed by atoms with Crippen molar-refractivity contribution in [3.8, 4) is 11.5 Å². The van der Waals surface area contributed by atoms with Crippen molar-refractivity contribution in [2.24, 2.45) is 0 Å². The second kappa shape index (κ2) is 7.50. The van der Waals surface area contributed by atoms with Gasteiger partial charge in [0.1, 0.15) is 11.5 Å². The van der Waals surface area contributed by atoms with Crippen molar-refractivity contribution in [1.82, 2.24) is 0 Å². The quantitative estimate of drug-likeness (QED) is 0.884. The highest BCUT2D eigenvalue weighted by Crippen LogP contribution is 2.18. The lowest BCUT2D eigenvalue weighted by Crippen LogP contribution is -2.20. The molecule has 4 heteroatoms. The highest BCUT2D eigenvalue weighted by atomic mass is 16.5. The molecule has 1 N–H and O–H groups in total. The Morgan fingerprint density at radius 2 is 1.59 bits per heavy atom. The summed E-state index contributed by atoms with van der Waals surface area (Å²) in [6, 6.07) is 13.0. The predicted molar refractivity (Wildman–Crippen MR) is 87.7 cm³/mol. The van der Waals surface area contributed by atoms with Crippen LogP contribution in [0.1, 0.15) is 18.1 Å². The largest absolute Gasteiger partial charge is 0.494 e. The first-order chi connectivity index (χ1) is 10.6. The summed E-state index contributed by atoms with van der Waals surface area (Å²) >= 11 is 0. The molecule has 0 spiro atoms. The van der Waals surface area contributed by atoms with Gasteiger partial charge < -0.3 is 14.8 Å². The fourth-order valence-corrected chi connectivity index (χ4v) is 1.96. The van der Waals surface area contributed by atoms with E-state index < -0.39 is 0 Å². The zero-order valence-corrected chi connectivity index (χ0v) is 13.2. The van der Waals surface area contributed by atoms with Gasteiger partial charge in [-0.25, -0.2) is 0 Å². The van der Waals surface area contributed by atoms with Crippen molar-refractivity contribution in [2.45, 2.75) is 20.8 Å². The molecule has 0 aliphatic heterocycles. The van der Waals surface area contributed by atoms with Crippen LogP contribution in [0.15, 0.2) is 42.5 Å². The molecule has 0 aliphatic rings. The van der Waals surface area contributed by atoms with Crippen LogP contribution < -0.4 is 14.8 Å². The van der Waals surface area contributed by atoms with E-state index >= 15 is 0 Å². The number of anilines is 1. The summed E-state index contributed by atoms with van der Waals surface area (Å²) < 4.78 is 10.8. The molecule has 116 valence electrons. The first kappa shape index (κ1) is 15.9. The van der Waals surface area contributed by atoms with E-state index in [0.29, 0.717) is 12.4 Å². The number of amides is 1. The Morgan fingerprint density at radius 3 is 2.18 bits per heavy atom. The summed E-state index contributed by atoms with van der Waals surface area (Å²) in [6.07, 6.45) is 0. The van der Waals surface area contributed by atoms with E-state index in [9.17, 15) is 4.79 Å². The molecular formula is C18H21NO3. The average Bonchev–Trinajstić information content (AvgIpc) is 2.51. The monoisotopic (exact) mass is 299 g/mol. The molecule has 0 aliphatic carbocycles. The number of carbonyl (C=O) groups is 1. The van der Waals surface area contributed by atoms with E-state index in [1.807, 2.05) is 51.1 Å². The lowest BCUT2D eigenvalue weighted by Gasteiger charge is -2.09. The Balaban J connectivity index is 1.85. The minimum absolute atomic E-state index is 0.0269. The van der Waals surface area contributed by atoms with Crippen LogP contribution in [0.5, 0.6) is 11.5 Å². The van der Waals surface area contributed by atoms with Crippen molar-refractivity contribution in [3.05, 3.63) is 53.6 Å². The van der Waals surface area contributed by atoms with Crippen LogP contribution in [-0.4, -0.2) is 19.1 Å². The fourth-order valence-electron chi connectivity index (χ4n) is 1.96. The van der Waals surface area contributed by atoms with E-state index in [2.05, 4.69) is 5.32 Å². The van der Waals surface area contributed by atoms with Gasteiger partial charge in [0.05, 0.1) is 6.61 Å². The van der Waals surface area contributed by atoms with Crippen LogP contribution in [-0.2, 0) is 4.79 Å². The van der Waals surface area contributed by atoms with Crippen molar-refractivity contribution in [3.63, 3.8) is 0 Å². The Kier molecular flexibility index (Phi) is 5.42. The van der Waals surface area contributed by atoms with Gasteiger partial charge >= 0.3 is 0 Å². The third-order valence-electron chi connectivity index (χ3n) is 3.30. The van der Waals surface area contributed by atoms with Crippen molar-refractivity contribution in [2.75, 3.05) is 18.5 Å². The Hall–Kier alpha value is -2.49. The first-order valence-corrected chi connectivity index (χ1v) is 7.31. The molecule has 0 heterocycles. The number of hydrogen-bond donors (Lipinski definition) is 1. The maximum Gasteiger partial charge on any atom is 0.262 e. The highest BCUT2D eigenvalue weighted by Gasteiger charge is 2.05. The van der Waals surface area contributed by atoms with Crippen molar-refractivity contribution >= 4 is 11.6 Å². The highest BCUT2D eigenvalue weighted by molar-refractivity contribution is 5.92. The smallest absolute Gasteiger partial charge is 0.262 e. The summed E-state index contributed by atoms with van der Waals surface area (Å²) in [5.41, 5.74) is 3.12. The lowest BCUT2D eigenvalue weighted by atomic mass is 10.1. The molecule has 0 unspecified atom stereocenters. The number of nitrogens with one attached hydrogen (secondary N) is 1. The van der Waals surface area contributed by atoms with Crippen LogP contribution in [0.25, 0.3) is 0 Å². The molecule has 2 rings (SSSR count). The molecule has 0 bridgehead atoms. The summed E-state index contributed by atoms with van der Waals surface area (Å²) in [5.74, 6) is 1.24. The minimum atomic E-state index is -0.183. The number of ether oxygens (including phenoxy) is 2. The molecule has 2 aromatic carbocycles. The van der Waals surface area contributed by atoms with Crippen LogP contribution in [0.4, 0.5) is 5.69 Å². The maximum absolute atomic E-state index is 11.9. The Bertz CT molecular complexity index is 635. The number of aryl methyl sites for hydroxylation is 2. The van der Waals surface area contributed by atoms with Crippen LogP contribution in [0.3, 0.4) is 0 Å². The molecule has 0 atom stereocenters. The number of rotatable bonds is 6. The molecular weight excluding hydrogens is 278 g/mol. The Labute approximate surface area is 131 Å². The van der Waals surface area contributed by atoms with Gasteiger partial charge in [-0.1, -0.05) is 6.07 Å². The van der Waals surface area contributed by atoms with Gasteiger partial charge in [0.15, 0.2) is 6.61 Å². The van der Waals surface area contributed by atoms with Crippen LogP contribution in [0, 0.1) is 13.8 Å². The van der Waals surface area contributed by atoms with Gasteiger partial charge in [-0.15, -0.1) is 0 Å². The third kappa shape index (κ3) is 4.52. The van der Waals surface area contributed by atoms with Crippen LogP contribution in [0.2, 0.25) is 0 Å². The number of carbonyl (C=O) groups excluding carboxylic acids is 1. The summed E-state index contributed by atoms with van der Waals surface area (Å²) in [4.78, 5) is 11.9. The van der Waals surface area contributed by atoms with E-state index in [4.69, 9.17) is 9.47 Å². The molecule has 1 amide bonds. The normalized spacial score (nSPS) is 10.1. The SMILES string of the molecule is CCOc1ccc(OCC(=O)Nc2ccc(C)c(C)c2)cc1. The maximum atomic E-state index is 11.9. The van der Waals surface area contributed by atoms with Crippen LogP contribution >= 0.6 is 0 Å². The van der Waals surface area contributed by atoms with Gasteiger partial charge in [-0.05, 0) is 68.3 Å². The minimum Gasteiger partial charge on any atom is -0.494 e. The summed E-state index contributed by atoms with van der Waals surface area (Å²) in [5, 5.41) is 2.82. The molecule has 0 saturated heterocycles. The van der Waals surface area contributed by atoms with Gasteiger partial charge in [0.2, 0.25) is 0 Å². The summed E-state index contributed by atoms with van der Waals surface area (Å²) in [7, 11) is 0. The molecule has 4 nitrogen and oxygen atoms in total. The number of benzene rings is 2. The van der Waals surface area contributed by atoms with Crippen molar-refractivity contribution in [1.29, 1.82) is 0 Å². The standard InChI is InChI=1S/C18H21NO3/c1-4-21-16-7-9-17(10-8-16)22-12-18(20)19-15-6-5-13(2)14(3)11-15/h5-11H,4,12H2,1-3H3,(H,19,20). The molecule has 0 radical (unpaired) electrons. The van der Waals surface area contributed by atoms with Gasteiger partial charge in [-0.2, -0.15) is 0 Å². The summed E-state index contributed by atoms with van der Waals surface area (Å²) in [6.45, 7) is 6.58. The Morgan fingerprint density at radius 1 is 0.955 bits per heavy atom. The van der Waals surface area contributed by atoms with E-state index in [1.165, 1.54) is 5.56 Å². The molecule has 22 heavy (non-hydrogen) atoms. The van der Waals surface area contributed by atoms with E-state index in [-0.39, 0.29) is 12.5 Å². The molecule has 2 aromatic rings. The lowest BCUT2D eigenvalue weighted by molar-refractivity contribution is -0.118. The second-order valence-electron chi connectivity index (χ2n) is 5.04. The van der Waals surface area contributed by atoms with Gasteiger partial charge in [0.25, 0.3) is 5.91 Å². The predicted octanol–water partition coefficient (Wildman–Crippen LogP) is 3.72. The zero-order valence-electron chi connectivity index (χ0n) is 13.2. The second-order valence-corrected chi connectivity index (χ2v) is 5.04. The molecule has 0 fully saturated rings. The fraction of sp³-hybridized carbons (Fsp3) is 0.278. The van der Waals surface area contributed by atoms with Crippen molar-refractivity contribution < 1.29 is 14.3 Å². The van der Waals surface area contributed by atoms with Gasteiger partial charge in [-0.3, -0.25) is 4.79 Å². The third-order valence-corrected chi connectivity index (χ3v) is 3.30.